The van der Waals surface area contributed by atoms with Crippen molar-refractivity contribution in [2.75, 3.05) is 0 Å². The van der Waals surface area contributed by atoms with Crippen LogP contribution in [-0.2, 0) is 14.3 Å². The van der Waals surface area contributed by atoms with Crippen molar-refractivity contribution in [1.82, 2.24) is 0 Å². The van der Waals surface area contributed by atoms with Crippen LogP contribution in [0.15, 0.2) is 36.5 Å². The van der Waals surface area contributed by atoms with Crippen molar-refractivity contribution in [3.8, 4) is 0 Å². The topological polar surface area (TPSA) is 63.6 Å². The maximum atomic E-state index is 12.5. The Morgan fingerprint density at radius 3 is 1.66 bits per heavy atom. The molecule has 41 heavy (non-hydrogen) atoms. The van der Waals surface area contributed by atoms with Crippen molar-refractivity contribution < 1.29 is 19.4 Å². The van der Waals surface area contributed by atoms with Crippen LogP contribution in [0.2, 0.25) is 0 Å². The zero-order chi connectivity index (χ0) is 30.1. The Labute approximate surface area is 254 Å². The zero-order valence-corrected chi connectivity index (χ0v) is 27.1. The van der Waals surface area contributed by atoms with E-state index in [2.05, 4.69) is 44.2 Å². The predicted octanol–water partition coefficient (Wildman–Crippen LogP) is 11.8. The molecular weight excluding hydrogens is 508 g/mol. The number of hydrogen-bond acceptors (Lipinski definition) is 3. The molecule has 0 fully saturated rings. The Morgan fingerprint density at radius 2 is 1.07 bits per heavy atom. The highest BCUT2D eigenvalue weighted by molar-refractivity contribution is 5.69. The van der Waals surface area contributed by atoms with Crippen LogP contribution >= 0.6 is 0 Å². The van der Waals surface area contributed by atoms with E-state index in [-0.39, 0.29) is 18.5 Å². The molecule has 0 aliphatic rings. The van der Waals surface area contributed by atoms with Gasteiger partial charge in [-0.2, -0.15) is 0 Å². The molecule has 0 aliphatic carbocycles. The number of rotatable bonds is 31. The number of ether oxygens (including phenoxy) is 1. The minimum absolute atomic E-state index is 0.0877. The number of carbonyl (C=O) groups excluding carboxylic acids is 1. The fraction of sp³-hybridized carbons (Fsp3) is 0.784. The molecule has 0 rings (SSSR count). The van der Waals surface area contributed by atoms with Gasteiger partial charge in [0.25, 0.3) is 0 Å². The Kier molecular flexibility index (Phi) is 31.2. The van der Waals surface area contributed by atoms with Crippen LogP contribution in [-0.4, -0.2) is 23.1 Å². The summed E-state index contributed by atoms with van der Waals surface area (Å²) in [6.07, 6.45) is 41.8. The first-order chi connectivity index (χ1) is 20.1. The zero-order valence-electron chi connectivity index (χ0n) is 27.1. The van der Waals surface area contributed by atoms with Crippen LogP contribution in [0.1, 0.15) is 181 Å². The molecule has 0 spiro atoms. The second-order valence-electron chi connectivity index (χ2n) is 11.7. The summed E-state index contributed by atoms with van der Waals surface area (Å²) in [5, 5.41) is 8.78. The SMILES string of the molecule is CCC/C=C\C/C=C\C(CCCCCCC(=O)O)OC(=O)CCCCCCCCC/C=C\CCCCCCCCC. The molecule has 0 heterocycles. The molecule has 0 aromatic carbocycles. The molecule has 4 heteroatoms. The van der Waals surface area contributed by atoms with Gasteiger partial charge in [-0.1, -0.05) is 134 Å². The molecule has 0 aromatic heterocycles. The van der Waals surface area contributed by atoms with Gasteiger partial charge in [-0.3, -0.25) is 9.59 Å². The largest absolute Gasteiger partial charge is 0.481 e. The van der Waals surface area contributed by atoms with Gasteiger partial charge in [-0.15, -0.1) is 0 Å². The lowest BCUT2D eigenvalue weighted by Gasteiger charge is -2.14. The summed E-state index contributed by atoms with van der Waals surface area (Å²) in [5.41, 5.74) is 0. The van der Waals surface area contributed by atoms with E-state index in [4.69, 9.17) is 9.84 Å². The van der Waals surface area contributed by atoms with Gasteiger partial charge in [0, 0.05) is 12.8 Å². The molecule has 4 nitrogen and oxygen atoms in total. The fourth-order valence-electron chi connectivity index (χ4n) is 4.96. The van der Waals surface area contributed by atoms with Crippen molar-refractivity contribution in [2.45, 2.75) is 187 Å². The number of esters is 1. The third kappa shape index (κ3) is 32.5. The summed E-state index contributed by atoms with van der Waals surface area (Å²) in [6.45, 7) is 4.45. The lowest BCUT2D eigenvalue weighted by Crippen LogP contribution is -2.16. The van der Waals surface area contributed by atoms with Crippen molar-refractivity contribution in [1.29, 1.82) is 0 Å². The normalized spacial score (nSPS) is 12.6. The standard InChI is InChI=1S/C37H66O4/c1-3-5-7-9-11-12-13-14-15-16-17-18-19-20-21-22-24-30-34-37(40)41-35(31-27-23-10-8-6-4-2)32-28-25-26-29-33-36(38)39/h8,10,15-16,27,31,35H,3-7,9,11-14,17-26,28-30,32-34H2,1-2H3,(H,38,39)/b10-8-,16-15-,31-27-. The van der Waals surface area contributed by atoms with Gasteiger partial charge < -0.3 is 9.84 Å². The van der Waals surface area contributed by atoms with Crippen molar-refractivity contribution in [3.63, 3.8) is 0 Å². The summed E-state index contributed by atoms with van der Waals surface area (Å²) >= 11 is 0. The molecule has 0 aromatic rings. The number of hydrogen-bond donors (Lipinski definition) is 1. The first-order valence-corrected chi connectivity index (χ1v) is 17.5. The average Bonchev–Trinajstić information content (AvgIpc) is 2.95. The van der Waals surface area contributed by atoms with E-state index in [1.54, 1.807) is 0 Å². The number of carboxylic acids is 1. The molecule has 0 saturated carbocycles. The van der Waals surface area contributed by atoms with Gasteiger partial charge in [0.1, 0.15) is 6.10 Å². The molecule has 238 valence electrons. The van der Waals surface area contributed by atoms with Gasteiger partial charge in [-0.25, -0.2) is 0 Å². The summed E-state index contributed by atoms with van der Waals surface area (Å²) < 4.78 is 5.81. The number of aliphatic carboxylic acids is 1. The van der Waals surface area contributed by atoms with Gasteiger partial charge in [0.05, 0.1) is 0 Å². The van der Waals surface area contributed by atoms with Crippen LogP contribution in [0, 0.1) is 0 Å². The van der Waals surface area contributed by atoms with Crippen molar-refractivity contribution >= 4 is 11.9 Å². The van der Waals surface area contributed by atoms with E-state index in [0.29, 0.717) is 12.8 Å². The van der Waals surface area contributed by atoms with Gasteiger partial charge in [-0.05, 0) is 70.3 Å². The van der Waals surface area contributed by atoms with E-state index >= 15 is 0 Å². The number of carbonyl (C=O) groups is 2. The lowest BCUT2D eigenvalue weighted by molar-refractivity contribution is -0.147. The van der Waals surface area contributed by atoms with E-state index in [9.17, 15) is 9.59 Å². The predicted molar refractivity (Wildman–Crippen MR) is 176 cm³/mol. The molecule has 0 saturated heterocycles. The first-order valence-electron chi connectivity index (χ1n) is 17.5. The minimum Gasteiger partial charge on any atom is -0.481 e. The Bertz CT molecular complexity index is 664. The highest BCUT2D eigenvalue weighted by atomic mass is 16.5. The molecule has 0 radical (unpaired) electrons. The van der Waals surface area contributed by atoms with Crippen LogP contribution in [0.3, 0.4) is 0 Å². The van der Waals surface area contributed by atoms with Crippen molar-refractivity contribution in [3.05, 3.63) is 36.5 Å². The van der Waals surface area contributed by atoms with E-state index in [1.165, 1.54) is 89.9 Å². The van der Waals surface area contributed by atoms with Crippen molar-refractivity contribution in [2.24, 2.45) is 0 Å². The highest BCUT2D eigenvalue weighted by Gasteiger charge is 2.11. The first kappa shape index (κ1) is 39.2. The highest BCUT2D eigenvalue weighted by Crippen LogP contribution is 2.15. The minimum atomic E-state index is -0.729. The molecule has 0 bridgehead atoms. The average molecular weight is 575 g/mol. The smallest absolute Gasteiger partial charge is 0.306 e. The van der Waals surface area contributed by atoms with Gasteiger partial charge >= 0.3 is 11.9 Å². The third-order valence-corrected chi connectivity index (χ3v) is 7.55. The van der Waals surface area contributed by atoms with E-state index < -0.39 is 5.97 Å². The quantitative estimate of drug-likeness (QED) is 0.0508. The van der Waals surface area contributed by atoms with Gasteiger partial charge in [0.2, 0.25) is 0 Å². The Morgan fingerprint density at radius 1 is 0.561 bits per heavy atom. The second-order valence-corrected chi connectivity index (χ2v) is 11.7. The van der Waals surface area contributed by atoms with E-state index in [1.807, 2.05) is 6.08 Å². The van der Waals surface area contributed by atoms with E-state index in [0.717, 1.165) is 57.8 Å². The summed E-state index contributed by atoms with van der Waals surface area (Å²) in [7, 11) is 0. The molecule has 1 unspecified atom stereocenters. The van der Waals surface area contributed by atoms with Crippen LogP contribution in [0.4, 0.5) is 0 Å². The van der Waals surface area contributed by atoms with Crippen LogP contribution < -0.4 is 0 Å². The Balaban J connectivity index is 3.89. The fourth-order valence-corrected chi connectivity index (χ4v) is 4.96. The van der Waals surface area contributed by atoms with Gasteiger partial charge in [0.15, 0.2) is 0 Å². The second kappa shape index (κ2) is 32.7. The Hall–Kier alpha value is -1.84. The molecule has 0 aliphatic heterocycles. The monoisotopic (exact) mass is 574 g/mol. The molecule has 1 atom stereocenters. The molecule has 0 amide bonds. The third-order valence-electron chi connectivity index (χ3n) is 7.55. The maximum Gasteiger partial charge on any atom is 0.306 e. The molecule has 1 N–H and O–H groups in total. The maximum absolute atomic E-state index is 12.5. The van der Waals surface area contributed by atoms with Crippen LogP contribution in [0.5, 0.6) is 0 Å². The number of allylic oxidation sites excluding steroid dienone is 5. The van der Waals surface area contributed by atoms with Crippen LogP contribution in [0.25, 0.3) is 0 Å². The number of carboxylic acid groups (broad SMARTS) is 1. The summed E-state index contributed by atoms with van der Waals surface area (Å²) in [6, 6.07) is 0. The number of unbranched alkanes of at least 4 members (excludes halogenated alkanes) is 18. The summed E-state index contributed by atoms with van der Waals surface area (Å²) in [4.78, 5) is 23.1. The summed E-state index contributed by atoms with van der Waals surface area (Å²) in [5.74, 6) is -0.816. The lowest BCUT2D eigenvalue weighted by atomic mass is 10.1. The molecular formula is C37H66O4.